The zero-order valence-corrected chi connectivity index (χ0v) is 6.65. The molecule has 0 amide bonds. The second-order valence-corrected chi connectivity index (χ2v) is 3.52. The first-order chi connectivity index (χ1) is 4.24. The molecule has 1 heteroatoms. The topological polar surface area (TPSA) is 12.0 Å². The number of hydrogen-bond acceptors (Lipinski definition) is 1. The molecule has 0 heterocycles. The van der Waals surface area contributed by atoms with Gasteiger partial charge < -0.3 is 5.32 Å². The molecular weight excluding hydrogens is 110 g/mol. The van der Waals surface area contributed by atoms with Gasteiger partial charge in [-0.1, -0.05) is 13.8 Å². The van der Waals surface area contributed by atoms with Gasteiger partial charge in [0.1, 0.15) is 0 Å². The van der Waals surface area contributed by atoms with Crippen molar-refractivity contribution in [2.75, 3.05) is 7.05 Å². The fourth-order valence-corrected chi connectivity index (χ4v) is 1.47. The summed E-state index contributed by atoms with van der Waals surface area (Å²) in [5.74, 6) is 1.88. The third-order valence-electron chi connectivity index (χ3n) is 2.07. The van der Waals surface area contributed by atoms with E-state index in [1.165, 1.54) is 12.8 Å². The monoisotopic (exact) mass is 127 g/mol. The van der Waals surface area contributed by atoms with Gasteiger partial charge in [0, 0.05) is 6.04 Å². The van der Waals surface area contributed by atoms with Gasteiger partial charge in [-0.15, -0.1) is 0 Å². The van der Waals surface area contributed by atoms with E-state index in [4.69, 9.17) is 0 Å². The molecule has 0 aromatic carbocycles. The van der Waals surface area contributed by atoms with Crippen LogP contribution < -0.4 is 5.32 Å². The van der Waals surface area contributed by atoms with Crippen LogP contribution in [0, 0.1) is 11.8 Å². The fraction of sp³-hybridized carbons (Fsp3) is 1.00. The van der Waals surface area contributed by atoms with Gasteiger partial charge in [-0.25, -0.2) is 0 Å². The normalized spacial score (nSPS) is 33.3. The van der Waals surface area contributed by atoms with Crippen LogP contribution in [0.25, 0.3) is 0 Å². The van der Waals surface area contributed by atoms with Gasteiger partial charge in [0.15, 0.2) is 0 Å². The largest absolute Gasteiger partial charge is 0.317 e. The van der Waals surface area contributed by atoms with E-state index < -0.39 is 0 Å². The van der Waals surface area contributed by atoms with E-state index in [0.717, 1.165) is 17.9 Å². The van der Waals surface area contributed by atoms with Crippen LogP contribution in [-0.4, -0.2) is 13.1 Å². The van der Waals surface area contributed by atoms with E-state index in [1.54, 1.807) is 0 Å². The quantitative estimate of drug-likeness (QED) is 0.607. The van der Waals surface area contributed by atoms with Crippen molar-refractivity contribution in [2.24, 2.45) is 11.8 Å². The lowest BCUT2D eigenvalue weighted by atomic mass is 10.1. The molecule has 2 atom stereocenters. The predicted molar refractivity (Wildman–Crippen MR) is 40.4 cm³/mol. The molecule has 1 N–H and O–H groups in total. The molecule has 1 nitrogen and oxygen atoms in total. The molecule has 0 spiro atoms. The van der Waals surface area contributed by atoms with Crippen molar-refractivity contribution in [3.05, 3.63) is 0 Å². The summed E-state index contributed by atoms with van der Waals surface area (Å²) in [5.41, 5.74) is 0. The van der Waals surface area contributed by atoms with Crippen LogP contribution in [0.1, 0.15) is 26.7 Å². The summed E-state index contributed by atoms with van der Waals surface area (Å²) in [7, 11) is 2.06. The molecule has 1 aliphatic rings. The van der Waals surface area contributed by atoms with Crippen LogP contribution in [0.3, 0.4) is 0 Å². The standard InChI is InChI=1S/C8H17N/c1-6(2)4-7-5-8(7)9-3/h6-9H,4-5H2,1-3H3. The van der Waals surface area contributed by atoms with Gasteiger partial charge in [0.05, 0.1) is 0 Å². The highest BCUT2D eigenvalue weighted by atomic mass is 14.9. The zero-order valence-electron chi connectivity index (χ0n) is 6.65. The molecule has 1 saturated carbocycles. The molecule has 0 bridgehead atoms. The van der Waals surface area contributed by atoms with Gasteiger partial charge in [-0.05, 0) is 31.7 Å². The van der Waals surface area contributed by atoms with E-state index in [9.17, 15) is 0 Å². The highest BCUT2D eigenvalue weighted by molar-refractivity contribution is 4.92. The maximum Gasteiger partial charge on any atom is 0.00962 e. The molecule has 0 saturated heterocycles. The Kier molecular flexibility index (Phi) is 2.12. The van der Waals surface area contributed by atoms with E-state index in [-0.39, 0.29) is 0 Å². The van der Waals surface area contributed by atoms with Crippen LogP contribution in [0.5, 0.6) is 0 Å². The summed E-state index contributed by atoms with van der Waals surface area (Å²) in [5, 5.41) is 3.29. The van der Waals surface area contributed by atoms with Crippen molar-refractivity contribution in [1.82, 2.24) is 5.32 Å². The molecule has 0 aromatic heterocycles. The Morgan fingerprint density at radius 2 is 2.22 bits per heavy atom. The van der Waals surface area contributed by atoms with Gasteiger partial charge in [0.25, 0.3) is 0 Å². The molecule has 0 aliphatic heterocycles. The molecule has 54 valence electrons. The Hall–Kier alpha value is -0.0400. The Morgan fingerprint density at radius 1 is 1.56 bits per heavy atom. The molecule has 9 heavy (non-hydrogen) atoms. The molecule has 1 fully saturated rings. The fourth-order valence-electron chi connectivity index (χ4n) is 1.47. The molecule has 2 unspecified atom stereocenters. The lowest BCUT2D eigenvalue weighted by molar-refractivity contribution is 0.519. The van der Waals surface area contributed by atoms with E-state index >= 15 is 0 Å². The second kappa shape index (κ2) is 2.70. The molecule has 0 aromatic rings. The van der Waals surface area contributed by atoms with Gasteiger partial charge in [0.2, 0.25) is 0 Å². The summed E-state index contributed by atoms with van der Waals surface area (Å²) in [6, 6.07) is 0.854. The zero-order chi connectivity index (χ0) is 6.85. The smallest absolute Gasteiger partial charge is 0.00962 e. The van der Waals surface area contributed by atoms with Crippen molar-refractivity contribution in [3.8, 4) is 0 Å². The summed E-state index contributed by atoms with van der Waals surface area (Å²) in [6.07, 6.45) is 2.82. The molecule has 1 rings (SSSR count). The van der Waals surface area contributed by atoms with Gasteiger partial charge in [-0.3, -0.25) is 0 Å². The van der Waals surface area contributed by atoms with Crippen LogP contribution in [-0.2, 0) is 0 Å². The summed E-state index contributed by atoms with van der Waals surface area (Å²) < 4.78 is 0. The average Bonchev–Trinajstić information content (AvgIpc) is 2.45. The third kappa shape index (κ3) is 1.98. The van der Waals surface area contributed by atoms with Crippen molar-refractivity contribution >= 4 is 0 Å². The maximum absolute atomic E-state index is 3.29. The summed E-state index contributed by atoms with van der Waals surface area (Å²) in [4.78, 5) is 0. The first-order valence-corrected chi connectivity index (χ1v) is 3.91. The van der Waals surface area contributed by atoms with Crippen LogP contribution in [0.2, 0.25) is 0 Å². The van der Waals surface area contributed by atoms with E-state index in [1.807, 2.05) is 0 Å². The number of nitrogens with one attached hydrogen (secondary N) is 1. The Bertz CT molecular complexity index is 88.6. The second-order valence-electron chi connectivity index (χ2n) is 3.52. The minimum absolute atomic E-state index is 0.854. The van der Waals surface area contributed by atoms with Gasteiger partial charge >= 0.3 is 0 Å². The summed E-state index contributed by atoms with van der Waals surface area (Å²) >= 11 is 0. The average molecular weight is 127 g/mol. The Balaban J connectivity index is 2.05. The van der Waals surface area contributed by atoms with Gasteiger partial charge in [-0.2, -0.15) is 0 Å². The number of rotatable bonds is 3. The molecular formula is C8H17N. The van der Waals surface area contributed by atoms with Crippen molar-refractivity contribution in [2.45, 2.75) is 32.7 Å². The lowest BCUT2D eigenvalue weighted by Gasteiger charge is -2.01. The van der Waals surface area contributed by atoms with Crippen molar-refractivity contribution in [3.63, 3.8) is 0 Å². The lowest BCUT2D eigenvalue weighted by Crippen LogP contribution is -2.11. The third-order valence-corrected chi connectivity index (χ3v) is 2.07. The molecule has 0 radical (unpaired) electrons. The Morgan fingerprint density at radius 3 is 2.56 bits per heavy atom. The van der Waals surface area contributed by atoms with Crippen LogP contribution in [0.4, 0.5) is 0 Å². The van der Waals surface area contributed by atoms with E-state index in [2.05, 4.69) is 26.2 Å². The predicted octanol–water partition coefficient (Wildman–Crippen LogP) is 1.64. The van der Waals surface area contributed by atoms with E-state index in [0.29, 0.717) is 0 Å². The first-order valence-electron chi connectivity index (χ1n) is 3.91. The SMILES string of the molecule is CNC1CC1CC(C)C. The Labute approximate surface area is 57.8 Å². The highest BCUT2D eigenvalue weighted by Gasteiger charge is 2.35. The number of hydrogen-bond donors (Lipinski definition) is 1. The van der Waals surface area contributed by atoms with Crippen LogP contribution in [0.15, 0.2) is 0 Å². The minimum atomic E-state index is 0.854. The minimum Gasteiger partial charge on any atom is -0.317 e. The van der Waals surface area contributed by atoms with Crippen molar-refractivity contribution < 1.29 is 0 Å². The summed E-state index contributed by atoms with van der Waals surface area (Å²) in [6.45, 7) is 4.59. The van der Waals surface area contributed by atoms with Crippen molar-refractivity contribution in [1.29, 1.82) is 0 Å². The molecule has 1 aliphatic carbocycles. The maximum atomic E-state index is 3.29. The highest BCUT2D eigenvalue weighted by Crippen LogP contribution is 2.35. The van der Waals surface area contributed by atoms with Crippen LogP contribution >= 0.6 is 0 Å². The first kappa shape index (κ1) is 7.07.